The summed E-state index contributed by atoms with van der Waals surface area (Å²) in [4.78, 5) is 4.00. The van der Waals surface area contributed by atoms with Crippen LogP contribution in [0, 0.1) is 0 Å². The predicted molar refractivity (Wildman–Crippen MR) is 67.7 cm³/mol. The average Bonchev–Trinajstić information content (AvgIpc) is 2.33. The van der Waals surface area contributed by atoms with Crippen molar-refractivity contribution < 1.29 is 0 Å². The van der Waals surface area contributed by atoms with Crippen LogP contribution >= 0.6 is 11.6 Å². The Morgan fingerprint density at radius 2 is 1.69 bits per heavy atom. The first-order valence-corrected chi connectivity index (χ1v) is 5.55. The van der Waals surface area contributed by atoms with Crippen molar-refractivity contribution in [3.05, 3.63) is 59.4 Å². The third kappa shape index (κ3) is 2.74. The molecule has 2 aromatic rings. The van der Waals surface area contributed by atoms with Crippen LogP contribution in [0.15, 0.2) is 48.8 Å². The molecule has 0 aliphatic heterocycles. The number of rotatable bonds is 3. The normalized spacial score (nSPS) is 12.1. The first-order chi connectivity index (χ1) is 7.75. The largest absolute Gasteiger partial charge is 0.379 e. The van der Waals surface area contributed by atoms with E-state index in [9.17, 15) is 0 Å². The summed E-state index contributed by atoms with van der Waals surface area (Å²) in [5.74, 6) is 0. The molecule has 1 aromatic heterocycles. The SMILES string of the molecule is C[C@H](Nc1ccc(Cl)cc1)c1ccncc1. The van der Waals surface area contributed by atoms with E-state index in [1.165, 1.54) is 5.56 Å². The summed E-state index contributed by atoms with van der Waals surface area (Å²) in [5.41, 5.74) is 2.28. The van der Waals surface area contributed by atoms with Crippen molar-refractivity contribution in [2.45, 2.75) is 13.0 Å². The summed E-state index contributed by atoms with van der Waals surface area (Å²) in [6.45, 7) is 2.12. The van der Waals surface area contributed by atoms with E-state index < -0.39 is 0 Å². The van der Waals surface area contributed by atoms with Crippen LogP contribution in [0.4, 0.5) is 5.69 Å². The fourth-order valence-electron chi connectivity index (χ4n) is 1.53. The van der Waals surface area contributed by atoms with Gasteiger partial charge in [0.15, 0.2) is 0 Å². The monoisotopic (exact) mass is 232 g/mol. The van der Waals surface area contributed by atoms with Crippen LogP contribution in [-0.4, -0.2) is 4.98 Å². The van der Waals surface area contributed by atoms with Gasteiger partial charge in [0.1, 0.15) is 0 Å². The molecule has 0 unspecified atom stereocenters. The lowest BCUT2D eigenvalue weighted by atomic mass is 10.1. The lowest BCUT2D eigenvalue weighted by Gasteiger charge is -2.15. The second-order valence-electron chi connectivity index (χ2n) is 3.65. The molecular formula is C13H13ClN2. The molecular weight excluding hydrogens is 220 g/mol. The summed E-state index contributed by atoms with van der Waals surface area (Å²) in [6.07, 6.45) is 3.60. The number of nitrogens with zero attached hydrogens (tertiary/aromatic N) is 1. The third-order valence-corrected chi connectivity index (χ3v) is 2.69. The smallest absolute Gasteiger partial charge is 0.0486 e. The summed E-state index contributed by atoms with van der Waals surface area (Å²) in [5, 5.41) is 4.15. The lowest BCUT2D eigenvalue weighted by molar-refractivity contribution is 0.881. The third-order valence-electron chi connectivity index (χ3n) is 2.43. The molecule has 0 saturated heterocycles. The first-order valence-electron chi connectivity index (χ1n) is 5.18. The lowest BCUT2D eigenvalue weighted by Crippen LogP contribution is -2.06. The van der Waals surface area contributed by atoms with E-state index in [0.29, 0.717) is 0 Å². The zero-order chi connectivity index (χ0) is 11.4. The van der Waals surface area contributed by atoms with Gasteiger partial charge in [0.25, 0.3) is 0 Å². The van der Waals surface area contributed by atoms with Crippen LogP contribution in [0.25, 0.3) is 0 Å². The molecule has 16 heavy (non-hydrogen) atoms. The molecule has 3 heteroatoms. The Bertz CT molecular complexity index is 439. The molecule has 0 amide bonds. The van der Waals surface area contributed by atoms with Crippen LogP contribution in [-0.2, 0) is 0 Å². The number of hydrogen-bond donors (Lipinski definition) is 1. The maximum atomic E-state index is 5.83. The van der Waals surface area contributed by atoms with Gasteiger partial charge in [0, 0.05) is 29.1 Å². The van der Waals surface area contributed by atoms with Gasteiger partial charge in [-0.15, -0.1) is 0 Å². The minimum Gasteiger partial charge on any atom is -0.379 e. The second kappa shape index (κ2) is 4.99. The van der Waals surface area contributed by atoms with Gasteiger partial charge >= 0.3 is 0 Å². The van der Waals surface area contributed by atoms with Crippen molar-refractivity contribution in [2.24, 2.45) is 0 Å². The van der Waals surface area contributed by atoms with Gasteiger partial charge in [0.05, 0.1) is 0 Å². The summed E-state index contributed by atoms with van der Waals surface area (Å²) >= 11 is 5.83. The molecule has 0 radical (unpaired) electrons. The Balaban J connectivity index is 2.08. The highest BCUT2D eigenvalue weighted by molar-refractivity contribution is 6.30. The van der Waals surface area contributed by atoms with E-state index in [1.54, 1.807) is 12.4 Å². The summed E-state index contributed by atoms with van der Waals surface area (Å²) in [6, 6.07) is 12.0. The molecule has 1 atom stereocenters. The summed E-state index contributed by atoms with van der Waals surface area (Å²) < 4.78 is 0. The highest BCUT2D eigenvalue weighted by Crippen LogP contribution is 2.20. The Labute approximate surface area is 100 Å². The highest BCUT2D eigenvalue weighted by Gasteiger charge is 2.03. The van der Waals surface area contributed by atoms with Gasteiger partial charge in [-0.1, -0.05) is 11.6 Å². The van der Waals surface area contributed by atoms with E-state index in [4.69, 9.17) is 11.6 Å². The fourth-order valence-corrected chi connectivity index (χ4v) is 1.66. The number of nitrogens with one attached hydrogen (secondary N) is 1. The number of anilines is 1. The average molecular weight is 233 g/mol. The molecule has 0 bridgehead atoms. The van der Waals surface area contributed by atoms with Crippen molar-refractivity contribution in [3.8, 4) is 0 Å². The second-order valence-corrected chi connectivity index (χ2v) is 4.09. The fraction of sp³-hybridized carbons (Fsp3) is 0.154. The van der Waals surface area contributed by atoms with Gasteiger partial charge in [0.2, 0.25) is 0 Å². The van der Waals surface area contributed by atoms with Crippen LogP contribution in [0.2, 0.25) is 5.02 Å². The Morgan fingerprint density at radius 1 is 1.06 bits per heavy atom. The molecule has 1 heterocycles. The van der Waals surface area contributed by atoms with Crippen molar-refractivity contribution in [3.63, 3.8) is 0 Å². The topological polar surface area (TPSA) is 24.9 Å². The molecule has 1 N–H and O–H groups in total. The quantitative estimate of drug-likeness (QED) is 0.868. The van der Waals surface area contributed by atoms with Crippen LogP contribution in [0.3, 0.4) is 0 Å². The van der Waals surface area contributed by atoms with Gasteiger partial charge in [-0.2, -0.15) is 0 Å². The van der Waals surface area contributed by atoms with Crippen LogP contribution < -0.4 is 5.32 Å². The van der Waals surface area contributed by atoms with E-state index in [2.05, 4.69) is 17.2 Å². The van der Waals surface area contributed by atoms with Crippen molar-refractivity contribution in [1.82, 2.24) is 4.98 Å². The molecule has 0 fully saturated rings. The predicted octanol–water partition coefficient (Wildman–Crippen LogP) is 3.91. The summed E-state index contributed by atoms with van der Waals surface area (Å²) in [7, 11) is 0. The van der Waals surface area contributed by atoms with E-state index in [0.717, 1.165) is 10.7 Å². The number of halogens is 1. The molecule has 2 nitrogen and oxygen atoms in total. The van der Waals surface area contributed by atoms with Gasteiger partial charge in [-0.05, 0) is 48.9 Å². The molecule has 0 saturated carbocycles. The standard InChI is InChI=1S/C13H13ClN2/c1-10(11-6-8-15-9-7-11)16-13-4-2-12(14)3-5-13/h2-10,16H,1H3/t10-/m0/s1. The zero-order valence-corrected chi connectivity index (χ0v) is 9.78. The number of hydrogen-bond acceptors (Lipinski definition) is 2. The first kappa shape index (κ1) is 11.0. The molecule has 82 valence electrons. The molecule has 0 aliphatic rings. The van der Waals surface area contributed by atoms with Crippen molar-refractivity contribution >= 4 is 17.3 Å². The molecule has 0 aliphatic carbocycles. The number of aromatic nitrogens is 1. The maximum absolute atomic E-state index is 5.83. The minimum atomic E-state index is 0.254. The minimum absolute atomic E-state index is 0.254. The Kier molecular flexibility index (Phi) is 3.42. The molecule has 0 spiro atoms. The van der Waals surface area contributed by atoms with E-state index in [1.807, 2.05) is 36.4 Å². The van der Waals surface area contributed by atoms with E-state index >= 15 is 0 Å². The number of pyridine rings is 1. The molecule has 1 aromatic carbocycles. The van der Waals surface area contributed by atoms with Crippen LogP contribution in [0.1, 0.15) is 18.5 Å². The van der Waals surface area contributed by atoms with Gasteiger partial charge < -0.3 is 5.32 Å². The van der Waals surface area contributed by atoms with Crippen LogP contribution in [0.5, 0.6) is 0 Å². The van der Waals surface area contributed by atoms with Gasteiger partial charge in [-0.3, -0.25) is 4.98 Å². The zero-order valence-electron chi connectivity index (χ0n) is 9.02. The highest BCUT2D eigenvalue weighted by atomic mass is 35.5. The van der Waals surface area contributed by atoms with E-state index in [-0.39, 0.29) is 6.04 Å². The molecule has 2 rings (SSSR count). The Hall–Kier alpha value is -1.54. The Morgan fingerprint density at radius 3 is 2.31 bits per heavy atom. The maximum Gasteiger partial charge on any atom is 0.0486 e. The van der Waals surface area contributed by atoms with Gasteiger partial charge in [-0.25, -0.2) is 0 Å². The van der Waals surface area contributed by atoms with Crippen molar-refractivity contribution in [2.75, 3.05) is 5.32 Å². The van der Waals surface area contributed by atoms with Crippen molar-refractivity contribution in [1.29, 1.82) is 0 Å². The number of benzene rings is 1.